The molecule has 0 amide bonds. The van der Waals surface area contributed by atoms with Crippen molar-refractivity contribution in [3.63, 3.8) is 0 Å². The summed E-state index contributed by atoms with van der Waals surface area (Å²) in [6.07, 6.45) is 5.75. The van der Waals surface area contributed by atoms with Gasteiger partial charge in [-0.15, -0.1) is 23.1 Å². The van der Waals surface area contributed by atoms with Crippen LogP contribution < -0.4 is 0 Å². The molecule has 16 heavy (non-hydrogen) atoms. The predicted octanol–water partition coefficient (Wildman–Crippen LogP) is 5.03. The third kappa shape index (κ3) is 1.23. The van der Waals surface area contributed by atoms with Crippen LogP contribution in [0.4, 0.5) is 0 Å². The molecule has 0 nitrogen and oxygen atoms in total. The number of hydrogen-bond donors (Lipinski definition) is 0. The predicted molar refractivity (Wildman–Crippen MR) is 72.7 cm³/mol. The van der Waals surface area contributed by atoms with E-state index in [1.165, 1.54) is 35.8 Å². The highest BCUT2D eigenvalue weighted by molar-refractivity contribution is 8.00. The van der Waals surface area contributed by atoms with E-state index in [2.05, 4.69) is 47.4 Å². The van der Waals surface area contributed by atoms with Crippen molar-refractivity contribution < 1.29 is 0 Å². The molecule has 0 N–H and O–H groups in total. The molecule has 2 heteroatoms. The lowest BCUT2D eigenvalue weighted by atomic mass is 9.88. The van der Waals surface area contributed by atoms with Crippen LogP contribution in [0, 0.1) is 0 Å². The van der Waals surface area contributed by atoms with Crippen molar-refractivity contribution in [1.82, 2.24) is 0 Å². The Kier molecular flexibility index (Phi) is 2.09. The van der Waals surface area contributed by atoms with E-state index in [1.54, 1.807) is 9.77 Å². The van der Waals surface area contributed by atoms with Crippen molar-refractivity contribution >= 4 is 33.2 Å². The molecule has 2 heterocycles. The van der Waals surface area contributed by atoms with Crippen LogP contribution in [0.15, 0.2) is 29.2 Å². The molecule has 1 aliphatic carbocycles. The smallest absolute Gasteiger partial charge is 0.0357 e. The third-order valence-corrected chi connectivity index (χ3v) is 6.86. The van der Waals surface area contributed by atoms with Gasteiger partial charge in [0.05, 0.1) is 0 Å². The largest absolute Gasteiger partial charge is 0.139 e. The van der Waals surface area contributed by atoms with Crippen molar-refractivity contribution in [2.75, 3.05) is 0 Å². The molecule has 1 fully saturated rings. The van der Waals surface area contributed by atoms with E-state index in [9.17, 15) is 0 Å². The van der Waals surface area contributed by atoms with Gasteiger partial charge in [0.1, 0.15) is 0 Å². The number of thiophene rings is 1. The second-order valence-electron chi connectivity index (χ2n) is 4.84. The Morgan fingerprint density at radius 3 is 2.94 bits per heavy atom. The van der Waals surface area contributed by atoms with E-state index < -0.39 is 0 Å². The number of thioether (sulfide) groups is 1. The average Bonchev–Trinajstić information content (AvgIpc) is 2.85. The van der Waals surface area contributed by atoms with Crippen LogP contribution in [-0.4, -0.2) is 5.25 Å². The van der Waals surface area contributed by atoms with E-state index in [4.69, 9.17) is 0 Å². The minimum absolute atomic E-state index is 0.881. The third-order valence-electron chi connectivity index (χ3n) is 3.88. The fraction of sp³-hybridized carbons (Fsp3) is 0.429. The summed E-state index contributed by atoms with van der Waals surface area (Å²) in [6.45, 7) is 0. The van der Waals surface area contributed by atoms with Crippen molar-refractivity contribution in [3.8, 4) is 0 Å². The van der Waals surface area contributed by atoms with Crippen molar-refractivity contribution in [1.29, 1.82) is 0 Å². The lowest BCUT2D eigenvalue weighted by Crippen LogP contribution is -2.14. The maximum Gasteiger partial charge on any atom is 0.0357 e. The number of benzene rings is 1. The zero-order valence-corrected chi connectivity index (χ0v) is 10.7. The highest BCUT2D eigenvalue weighted by Gasteiger charge is 2.37. The molecule has 0 spiro atoms. The molecular formula is C14H14S2. The van der Waals surface area contributed by atoms with E-state index in [0.29, 0.717) is 0 Å². The molecule has 2 unspecified atom stereocenters. The highest BCUT2D eigenvalue weighted by atomic mass is 32.2. The van der Waals surface area contributed by atoms with Gasteiger partial charge in [-0.05, 0) is 18.9 Å². The molecule has 4 rings (SSSR count). The molecule has 82 valence electrons. The van der Waals surface area contributed by atoms with Crippen LogP contribution in [0.3, 0.4) is 0 Å². The summed E-state index contributed by atoms with van der Waals surface area (Å²) in [5.74, 6) is 0.881. The lowest BCUT2D eigenvalue weighted by Gasteiger charge is -2.24. The zero-order valence-electron chi connectivity index (χ0n) is 9.11. The van der Waals surface area contributed by atoms with Gasteiger partial charge < -0.3 is 0 Å². The van der Waals surface area contributed by atoms with Gasteiger partial charge in [0.2, 0.25) is 0 Å². The molecule has 0 bridgehead atoms. The standard InChI is InChI=1S/C14H14S2/c1-3-7-11-9(5-1)13-14(15-11)10-6-2-4-8-12(10)16-13/h1,3,5,7,10,12H,2,4,6,8H2. The first kappa shape index (κ1) is 9.55. The Labute approximate surface area is 104 Å². The molecule has 0 radical (unpaired) electrons. The van der Waals surface area contributed by atoms with Crippen LogP contribution in [0.5, 0.6) is 0 Å². The van der Waals surface area contributed by atoms with Crippen molar-refractivity contribution in [2.45, 2.75) is 41.7 Å². The van der Waals surface area contributed by atoms with Gasteiger partial charge in [0.25, 0.3) is 0 Å². The number of fused-ring (bicyclic) bond motifs is 5. The summed E-state index contributed by atoms with van der Waals surface area (Å²) in [4.78, 5) is 3.33. The first-order chi connectivity index (χ1) is 7.93. The summed E-state index contributed by atoms with van der Waals surface area (Å²) < 4.78 is 1.49. The molecule has 2 atom stereocenters. The van der Waals surface area contributed by atoms with Gasteiger partial charge in [0, 0.05) is 31.0 Å². The summed E-state index contributed by atoms with van der Waals surface area (Å²) in [5.41, 5.74) is 0. The summed E-state index contributed by atoms with van der Waals surface area (Å²) in [6, 6.07) is 8.92. The van der Waals surface area contributed by atoms with E-state index in [-0.39, 0.29) is 0 Å². The van der Waals surface area contributed by atoms with Gasteiger partial charge in [-0.2, -0.15) is 0 Å². The Morgan fingerprint density at radius 1 is 1.06 bits per heavy atom. The molecular weight excluding hydrogens is 232 g/mol. The first-order valence-corrected chi connectivity index (χ1v) is 7.81. The minimum Gasteiger partial charge on any atom is -0.139 e. The van der Waals surface area contributed by atoms with E-state index in [0.717, 1.165) is 11.2 Å². The Morgan fingerprint density at radius 2 is 1.94 bits per heavy atom. The van der Waals surface area contributed by atoms with Crippen molar-refractivity contribution in [2.24, 2.45) is 0 Å². The van der Waals surface area contributed by atoms with Gasteiger partial charge in [-0.1, -0.05) is 31.0 Å². The SMILES string of the molecule is c1ccc2c3c(sc2c1)C1CCCCC1S3. The number of rotatable bonds is 0. The van der Waals surface area contributed by atoms with Gasteiger partial charge in [0.15, 0.2) is 0 Å². The Balaban J connectivity index is 1.91. The fourth-order valence-corrected chi connectivity index (χ4v) is 6.41. The Hall–Kier alpha value is -0.470. The molecule has 2 aliphatic rings. The van der Waals surface area contributed by atoms with Crippen LogP contribution in [0.25, 0.3) is 10.1 Å². The maximum absolute atomic E-state index is 2.30. The van der Waals surface area contributed by atoms with Gasteiger partial charge in [-0.25, -0.2) is 0 Å². The lowest BCUT2D eigenvalue weighted by molar-refractivity contribution is 0.466. The normalized spacial score (nSPS) is 28.0. The summed E-state index contributed by atoms with van der Waals surface area (Å²) in [7, 11) is 0. The van der Waals surface area contributed by atoms with Crippen LogP contribution in [0.2, 0.25) is 0 Å². The second kappa shape index (κ2) is 3.51. The molecule has 1 saturated carbocycles. The molecule has 2 aromatic rings. The second-order valence-corrected chi connectivity index (χ2v) is 7.17. The molecule has 1 aromatic heterocycles. The first-order valence-electron chi connectivity index (χ1n) is 6.11. The van der Waals surface area contributed by atoms with Crippen molar-refractivity contribution in [3.05, 3.63) is 29.1 Å². The quantitative estimate of drug-likeness (QED) is 0.628. The monoisotopic (exact) mass is 246 g/mol. The summed E-state index contributed by atoms with van der Waals surface area (Å²) >= 11 is 4.22. The Bertz CT molecular complexity index is 541. The van der Waals surface area contributed by atoms with Gasteiger partial charge >= 0.3 is 0 Å². The van der Waals surface area contributed by atoms with E-state index >= 15 is 0 Å². The van der Waals surface area contributed by atoms with Crippen LogP contribution in [0.1, 0.15) is 36.5 Å². The minimum atomic E-state index is 0.881. The van der Waals surface area contributed by atoms with Gasteiger partial charge in [-0.3, -0.25) is 0 Å². The molecule has 1 aliphatic heterocycles. The van der Waals surface area contributed by atoms with E-state index in [1.807, 2.05) is 0 Å². The molecule has 0 saturated heterocycles. The fourth-order valence-electron chi connectivity index (χ4n) is 3.10. The maximum atomic E-state index is 2.30. The molecule has 1 aromatic carbocycles. The average molecular weight is 246 g/mol. The highest BCUT2D eigenvalue weighted by Crippen LogP contribution is 2.57. The van der Waals surface area contributed by atoms with Crippen LogP contribution >= 0.6 is 23.1 Å². The zero-order chi connectivity index (χ0) is 10.5. The topological polar surface area (TPSA) is 0 Å². The number of hydrogen-bond acceptors (Lipinski definition) is 2. The summed E-state index contributed by atoms with van der Waals surface area (Å²) in [5, 5.41) is 2.42. The van der Waals surface area contributed by atoms with Crippen LogP contribution in [-0.2, 0) is 0 Å².